The number of methoxy groups -OCH3 is 1. The Kier molecular flexibility index (Phi) is 7.17. The van der Waals surface area contributed by atoms with E-state index < -0.39 is 32.4 Å². The number of esters is 1. The Morgan fingerprint density at radius 2 is 1.72 bits per heavy atom. The Hall–Kier alpha value is -1.43. The number of hydrogen-bond donors (Lipinski definition) is 1. The van der Waals surface area contributed by atoms with Crippen LogP contribution in [0.2, 0.25) is 18.1 Å². The summed E-state index contributed by atoms with van der Waals surface area (Å²) in [4.78, 5) is 11.8. The molecule has 0 saturated carbocycles. The molecule has 25 heavy (non-hydrogen) atoms. The second-order valence-corrected chi connectivity index (χ2v) is 12.8. The van der Waals surface area contributed by atoms with Gasteiger partial charge in [-0.05, 0) is 23.7 Å². The first-order chi connectivity index (χ1) is 11.4. The van der Waals surface area contributed by atoms with Gasteiger partial charge in [-0.1, -0.05) is 64.6 Å². The number of ether oxygens (including phenoxy) is 1. The van der Waals surface area contributed by atoms with Crippen molar-refractivity contribution in [2.75, 3.05) is 7.11 Å². The molecule has 0 bridgehead atoms. The Morgan fingerprint density at radius 1 is 1.20 bits per heavy atom. The maximum Gasteiger partial charge on any atom is 0.333 e. The van der Waals surface area contributed by atoms with Gasteiger partial charge in [0.15, 0.2) is 8.32 Å². The van der Waals surface area contributed by atoms with E-state index in [0.717, 1.165) is 5.56 Å². The van der Waals surface area contributed by atoms with Gasteiger partial charge in [0.1, 0.15) is 0 Å². The van der Waals surface area contributed by atoms with Gasteiger partial charge >= 0.3 is 5.97 Å². The highest BCUT2D eigenvalue weighted by Gasteiger charge is 2.42. The Morgan fingerprint density at radius 3 is 2.16 bits per heavy atom. The van der Waals surface area contributed by atoms with Gasteiger partial charge in [-0.25, -0.2) is 4.79 Å². The minimum Gasteiger partial charge on any atom is -0.466 e. The molecule has 0 aliphatic rings. The molecule has 0 aromatic heterocycles. The minimum atomic E-state index is -2.14. The summed E-state index contributed by atoms with van der Waals surface area (Å²) in [5.74, 6) is -0.992. The molecule has 3 atom stereocenters. The van der Waals surface area contributed by atoms with Crippen LogP contribution in [0.15, 0.2) is 42.5 Å². The zero-order valence-corrected chi connectivity index (χ0v) is 17.5. The van der Waals surface area contributed by atoms with Crippen LogP contribution < -0.4 is 0 Å². The molecule has 0 aliphatic heterocycles. The summed E-state index contributed by atoms with van der Waals surface area (Å²) >= 11 is 0. The lowest BCUT2D eigenvalue weighted by Gasteiger charge is -2.41. The molecule has 0 aliphatic carbocycles. The third-order valence-corrected chi connectivity index (χ3v) is 9.63. The van der Waals surface area contributed by atoms with Crippen LogP contribution in [0, 0.1) is 5.92 Å². The van der Waals surface area contributed by atoms with Crippen molar-refractivity contribution < 1.29 is 19.1 Å². The summed E-state index contributed by atoms with van der Waals surface area (Å²) in [6.45, 7) is 16.3. The molecule has 0 fully saturated rings. The summed E-state index contributed by atoms with van der Waals surface area (Å²) in [5, 5.41) is 11.0. The molecule has 1 aromatic carbocycles. The molecule has 140 valence electrons. The smallest absolute Gasteiger partial charge is 0.333 e. The monoisotopic (exact) mass is 364 g/mol. The Balaban J connectivity index is 3.20. The van der Waals surface area contributed by atoms with Crippen molar-refractivity contribution in [1.82, 2.24) is 0 Å². The lowest BCUT2D eigenvalue weighted by atomic mass is 9.90. The van der Waals surface area contributed by atoms with Crippen molar-refractivity contribution >= 4 is 14.3 Å². The van der Waals surface area contributed by atoms with Crippen molar-refractivity contribution in [3.8, 4) is 0 Å². The highest BCUT2D eigenvalue weighted by Crippen LogP contribution is 2.41. The van der Waals surface area contributed by atoms with Crippen molar-refractivity contribution in [2.24, 2.45) is 5.92 Å². The van der Waals surface area contributed by atoms with Crippen LogP contribution in [-0.2, 0) is 14.0 Å². The van der Waals surface area contributed by atoms with Crippen LogP contribution in [0.4, 0.5) is 0 Å². The van der Waals surface area contributed by atoms with Gasteiger partial charge in [0, 0.05) is 11.5 Å². The molecule has 0 radical (unpaired) electrons. The fourth-order valence-corrected chi connectivity index (χ4v) is 3.52. The highest BCUT2D eigenvalue weighted by molar-refractivity contribution is 6.74. The summed E-state index contributed by atoms with van der Waals surface area (Å²) in [7, 11) is -0.823. The van der Waals surface area contributed by atoms with Crippen molar-refractivity contribution in [3.63, 3.8) is 0 Å². The Labute approximate surface area is 153 Å². The van der Waals surface area contributed by atoms with Gasteiger partial charge in [0.25, 0.3) is 0 Å². The summed E-state index contributed by atoms with van der Waals surface area (Å²) < 4.78 is 11.3. The zero-order valence-electron chi connectivity index (χ0n) is 16.5. The normalized spacial score (nSPS) is 16.0. The molecule has 1 N–H and O–H groups in total. The van der Waals surface area contributed by atoms with Gasteiger partial charge in [-0.2, -0.15) is 0 Å². The predicted molar refractivity (Wildman–Crippen MR) is 104 cm³/mol. The van der Waals surface area contributed by atoms with Gasteiger partial charge in [-0.3, -0.25) is 0 Å². The molecule has 0 unspecified atom stereocenters. The predicted octanol–water partition coefficient (Wildman–Crippen LogP) is 4.48. The molecular formula is C20H32O4Si. The summed E-state index contributed by atoms with van der Waals surface area (Å²) in [6, 6.07) is 9.65. The number of carbonyl (C=O) groups excluding carboxylic acids is 1. The highest BCUT2D eigenvalue weighted by atomic mass is 28.4. The molecule has 0 saturated heterocycles. The lowest BCUT2D eigenvalue weighted by molar-refractivity contribution is -0.137. The van der Waals surface area contributed by atoms with Crippen LogP contribution in [0.5, 0.6) is 0 Å². The first-order valence-electron chi connectivity index (χ1n) is 8.60. The van der Waals surface area contributed by atoms with E-state index >= 15 is 0 Å². The minimum absolute atomic E-state index is 0.00233. The molecule has 1 rings (SSSR count). The third kappa shape index (κ3) is 5.27. The van der Waals surface area contributed by atoms with Gasteiger partial charge in [0.05, 0.1) is 19.3 Å². The van der Waals surface area contributed by atoms with Crippen LogP contribution in [0.3, 0.4) is 0 Å². The molecule has 5 heteroatoms. The maximum atomic E-state index is 11.8. The topological polar surface area (TPSA) is 55.8 Å². The second-order valence-electron chi connectivity index (χ2n) is 8.01. The second kappa shape index (κ2) is 8.30. The first kappa shape index (κ1) is 21.6. The van der Waals surface area contributed by atoms with Crippen LogP contribution in [0.1, 0.15) is 39.4 Å². The number of rotatable bonds is 7. The zero-order chi connectivity index (χ0) is 19.4. The number of carbonyl (C=O) groups is 1. The van der Waals surface area contributed by atoms with Gasteiger partial charge < -0.3 is 14.3 Å². The maximum absolute atomic E-state index is 11.8. The average Bonchev–Trinajstić information content (AvgIpc) is 2.56. The molecule has 4 nitrogen and oxygen atoms in total. The fourth-order valence-electron chi connectivity index (χ4n) is 2.26. The van der Waals surface area contributed by atoms with Crippen molar-refractivity contribution in [3.05, 3.63) is 48.0 Å². The van der Waals surface area contributed by atoms with E-state index in [1.165, 1.54) is 7.11 Å². The van der Waals surface area contributed by atoms with E-state index in [9.17, 15) is 9.90 Å². The van der Waals surface area contributed by atoms with Crippen molar-refractivity contribution in [1.29, 1.82) is 0 Å². The van der Waals surface area contributed by atoms with E-state index in [2.05, 4.69) is 40.4 Å². The molecule has 0 heterocycles. The lowest BCUT2D eigenvalue weighted by Crippen LogP contribution is -2.45. The van der Waals surface area contributed by atoms with Crippen LogP contribution in [-0.4, -0.2) is 32.6 Å². The first-order valence-corrected chi connectivity index (χ1v) is 11.5. The third-order valence-electron chi connectivity index (χ3n) is 5.18. The number of hydrogen-bond acceptors (Lipinski definition) is 4. The van der Waals surface area contributed by atoms with E-state index in [1.807, 2.05) is 30.3 Å². The van der Waals surface area contributed by atoms with Crippen LogP contribution in [0.25, 0.3) is 0 Å². The quantitative estimate of drug-likeness (QED) is 0.440. The molecule has 1 aromatic rings. The average molecular weight is 365 g/mol. The SMILES string of the molecule is C=C(C(=O)OC)[C@H](C)[C@@H](O)[C@H](O[Si](C)(C)C(C)(C)C)c1ccccc1. The van der Waals surface area contributed by atoms with Gasteiger partial charge in [-0.15, -0.1) is 0 Å². The van der Waals surface area contributed by atoms with E-state index in [0.29, 0.717) is 0 Å². The Bertz CT molecular complexity index is 589. The molecule has 0 amide bonds. The van der Waals surface area contributed by atoms with Crippen LogP contribution >= 0.6 is 0 Å². The van der Waals surface area contributed by atoms with E-state index in [1.54, 1.807) is 6.92 Å². The van der Waals surface area contributed by atoms with Crippen molar-refractivity contribution in [2.45, 2.75) is 58.0 Å². The molecule has 0 spiro atoms. The van der Waals surface area contributed by atoms with E-state index in [4.69, 9.17) is 9.16 Å². The number of aliphatic hydroxyl groups excluding tert-OH is 1. The molecular weight excluding hydrogens is 332 g/mol. The summed E-state index contributed by atoms with van der Waals surface area (Å²) in [6.07, 6.45) is -1.43. The largest absolute Gasteiger partial charge is 0.466 e. The fraction of sp³-hybridized carbons (Fsp3) is 0.550. The summed E-state index contributed by atoms with van der Waals surface area (Å²) in [5.41, 5.74) is 1.14. The van der Waals surface area contributed by atoms with Gasteiger partial charge in [0.2, 0.25) is 0 Å². The standard InChI is InChI=1S/C20H32O4Si/c1-14(15(2)19(22)23-6)17(21)18(16-12-10-9-11-13-16)24-25(7,8)20(3,4)5/h9-14,17-18,21H,2H2,1,3-8H3/t14-,17+,18+/m0/s1. The number of benzene rings is 1. The van der Waals surface area contributed by atoms with E-state index in [-0.39, 0.29) is 10.6 Å². The number of aliphatic hydroxyl groups is 1.